The summed E-state index contributed by atoms with van der Waals surface area (Å²) in [5.74, 6) is 1.52. The van der Waals surface area contributed by atoms with Crippen LogP contribution >= 0.6 is 11.8 Å². The smallest absolute Gasteiger partial charge is 0.316 e. The molecule has 0 aliphatic carbocycles. The second-order valence-corrected chi connectivity index (χ2v) is 7.32. The molecule has 142 valence electrons. The van der Waals surface area contributed by atoms with E-state index in [1.807, 2.05) is 50.2 Å². The van der Waals surface area contributed by atoms with E-state index in [0.29, 0.717) is 10.9 Å². The summed E-state index contributed by atoms with van der Waals surface area (Å²) in [7, 11) is 0. The van der Waals surface area contributed by atoms with E-state index >= 15 is 0 Å². The summed E-state index contributed by atoms with van der Waals surface area (Å²) in [5, 5.41) is 12.0. The van der Waals surface area contributed by atoms with Gasteiger partial charge in [-0.2, -0.15) is 4.68 Å². The second kappa shape index (κ2) is 7.77. The van der Waals surface area contributed by atoms with Crippen LogP contribution in [0.25, 0.3) is 0 Å². The maximum Gasteiger partial charge on any atom is 0.316 e. The highest BCUT2D eigenvalue weighted by Gasteiger charge is 2.15. The third kappa shape index (κ3) is 3.86. The summed E-state index contributed by atoms with van der Waals surface area (Å²) in [4.78, 5) is 13.2. The van der Waals surface area contributed by atoms with Gasteiger partial charge < -0.3 is 9.73 Å². The number of furan rings is 1. The molecule has 7 nitrogen and oxygen atoms in total. The highest BCUT2D eigenvalue weighted by Crippen LogP contribution is 2.21. The van der Waals surface area contributed by atoms with Crippen LogP contribution in [0.3, 0.4) is 0 Å². The molecule has 0 saturated heterocycles. The van der Waals surface area contributed by atoms with Gasteiger partial charge in [0, 0.05) is 18.1 Å². The minimum absolute atomic E-state index is 0.168. The summed E-state index contributed by atoms with van der Waals surface area (Å²) in [6, 6.07) is 13.4. The zero-order valence-electron chi connectivity index (χ0n) is 15.5. The Morgan fingerprint density at radius 3 is 2.50 bits per heavy atom. The van der Waals surface area contributed by atoms with Gasteiger partial charge in [-0.15, -0.1) is 10.2 Å². The van der Waals surface area contributed by atoms with Crippen molar-refractivity contribution in [3.63, 3.8) is 0 Å². The number of anilines is 2. The normalized spacial score (nSPS) is 10.9. The van der Waals surface area contributed by atoms with Gasteiger partial charge in [0.05, 0.1) is 12.0 Å². The maximum atomic E-state index is 13.2. The molecular formula is C20H19N5O2S. The molecule has 0 amide bonds. The van der Waals surface area contributed by atoms with Crippen LogP contribution in [-0.4, -0.2) is 19.5 Å². The fraction of sp³-hybridized carbons (Fsp3) is 0.150. The third-order valence-corrected chi connectivity index (χ3v) is 4.98. The van der Waals surface area contributed by atoms with E-state index in [-0.39, 0.29) is 11.4 Å². The molecule has 0 unspecified atom stereocenters. The van der Waals surface area contributed by atoms with Crippen molar-refractivity contribution >= 4 is 23.3 Å². The first-order chi connectivity index (χ1) is 13.6. The van der Waals surface area contributed by atoms with Gasteiger partial charge in [-0.3, -0.25) is 9.47 Å². The molecule has 3 heterocycles. The highest BCUT2D eigenvalue weighted by molar-refractivity contribution is 7.98. The molecule has 3 aromatic heterocycles. The van der Waals surface area contributed by atoms with E-state index in [1.54, 1.807) is 23.3 Å². The Morgan fingerprint density at radius 1 is 1.07 bits per heavy atom. The molecule has 0 bridgehead atoms. The first kappa shape index (κ1) is 18.1. The van der Waals surface area contributed by atoms with Gasteiger partial charge in [-0.25, -0.2) is 0 Å². The largest absolute Gasteiger partial charge is 0.468 e. The van der Waals surface area contributed by atoms with Gasteiger partial charge in [0.25, 0.3) is 0 Å². The summed E-state index contributed by atoms with van der Waals surface area (Å²) in [6.45, 7) is 4.02. The monoisotopic (exact) mass is 393 g/mol. The van der Waals surface area contributed by atoms with Crippen LogP contribution in [0.5, 0.6) is 0 Å². The van der Waals surface area contributed by atoms with E-state index in [4.69, 9.17) is 4.42 Å². The predicted octanol–water partition coefficient (Wildman–Crippen LogP) is 4.00. The Morgan fingerprint density at radius 2 is 1.82 bits per heavy atom. The molecule has 1 N–H and O–H groups in total. The lowest BCUT2D eigenvalue weighted by molar-refractivity contribution is 0.523. The molecule has 4 aromatic rings. The van der Waals surface area contributed by atoms with Gasteiger partial charge in [0.1, 0.15) is 5.76 Å². The zero-order valence-corrected chi connectivity index (χ0v) is 16.3. The number of benzene rings is 1. The van der Waals surface area contributed by atoms with Crippen molar-refractivity contribution in [2.45, 2.75) is 24.8 Å². The van der Waals surface area contributed by atoms with E-state index in [1.165, 1.54) is 16.4 Å². The summed E-state index contributed by atoms with van der Waals surface area (Å²) < 4.78 is 8.55. The van der Waals surface area contributed by atoms with E-state index < -0.39 is 0 Å². The van der Waals surface area contributed by atoms with Crippen molar-refractivity contribution in [2.24, 2.45) is 0 Å². The topological polar surface area (TPSA) is 77.9 Å². The maximum absolute atomic E-state index is 13.2. The molecule has 0 radical (unpaired) electrons. The van der Waals surface area contributed by atoms with Crippen molar-refractivity contribution < 1.29 is 4.42 Å². The molecule has 28 heavy (non-hydrogen) atoms. The van der Waals surface area contributed by atoms with Gasteiger partial charge >= 0.3 is 5.56 Å². The number of hydrogen-bond donors (Lipinski definition) is 1. The average Bonchev–Trinajstić information content (AvgIpc) is 3.35. The lowest BCUT2D eigenvalue weighted by Crippen LogP contribution is -2.30. The van der Waals surface area contributed by atoms with Crippen molar-refractivity contribution in [3.8, 4) is 0 Å². The summed E-state index contributed by atoms with van der Waals surface area (Å²) in [5.41, 5.74) is 2.73. The van der Waals surface area contributed by atoms with E-state index in [9.17, 15) is 4.79 Å². The Labute approximate surface area is 166 Å². The van der Waals surface area contributed by atoms with Crippen molar-refractivity contribution in [1.29, 1.82) is 0 Å². The Hall–Kier alpha value is -3.26. The van der Waals surface area contributed by atoms with Crippen LogP contribution in [0.1, 0.15) is 16.9 Å². The number of aryl methyl sites for hydroxylation is 2. The molecule has 1 aromatic carbocycles. The van der Waals surface area contributed by atoms with Crippen LogP contribution < -0.4 is 10.9 Å². The lowest BCUT2D eigenvalue weighted by atomic mass is 10.1. The molecular weight excluding hydrogens is 374 g/mol. The average molecular weight is 393 g/mol. The fourth-order valence-corrected chi connectivity index (χ4v) is 3.74. The number of aromatic nitrogens is 4. The Bertz CT molecular complexity index is 1110. The minimum Gasteiger partial charge on any atom is -0.468 e. The molecule has 0 spiro atoms. The second-order valence-electron chi connectivity index (χ2n) is 6.38. The summed E-state index contributed by atoms with van der Waals surface area (Å²) >= 11 is 1.38. The van der Waals surface area contributed by atoms with Gasteiger partial charge in [-0.1, -0.05) is 17.8 Å². The van der Waals surface area contributed by atoms with Gasteiger partial charge in [-0.05, 0) is 61.4 Å². The van der Waals surface area contributed by atoms with Gasteiger partial charge in [0.15, 0.2) is 0 Å². The number of rotatable bonds is 6. The van der Waals surface area contributed by atoms with E-state index in [2.05, 4.69) is 21.6 Å². The number of hydrogen-bond acceptors (Lipinski definition) is 6. The highest BCUT2D eigenvalue weighted by atomic mass is 32.2. The first-order valence-corrected chi connectivity index (χ1v) is 9.72. The number of nitrogens with zero attached hydrogens (tertiary/aromatic N) is 4. The molecule has 0 aliphatic rings. The third-order valence-electron chi connectivity index (χ3n) is 4.04. The molecule has 0 atom stereocenters. The molecule has 8 heteroatoms. The lowest BCUT2D eigenvalue weighted by Gasteiger charge is -2.14. The van der Waals surface area contributed by atoms with Crippen LogP contribution in [0.15, 0.2) is 75.5 Å². The standard InChI is InChI=1S/C20H19N5O2S/c1-14-10-15(2)12-16(11-14)21-18-19(26)25(24-7-3-4-8-24)20(23-22-18)28-13-17-6-5-9-27-17/h3-12H,13H2,1-2H3,(H,21,22). The number of thioether (sulfide) groups is 1. The fourth-order valence-electron chi connectivity index (χ4n) is 2.91. The van der Waals surface area contributed by atoms with E-state index in [0.717, 1.165) is 22.6 Å². The van der Waals surface area contributed by atoms with Crippen LogP contribution in [0.4, 0.5) is 11.5 Å². The predicted molar refractivity (Wildman–Crippen MR) is 109 cm³/mol. The minimum atomic E-state index is -0.285. The zero-order chi connectivity index (χ0) is 19.5. The molecule has 0 fully saturated rings. The van der Waals surface area contributed by atoms with Crippen molar-refractivity contribution in [1.82, 2.24) is 19.5 Å². The van der Waals surface area contributed by atoms with Crippen LogP contribution in [0, 0.1) is 13.8 Å². The van der Waals surface area contributed by atoms with Gasteiger partial charge in [0.2, 0.25) is 11.0 Å². The van der Waals surface area contributed by atoms with Crippen molar-refractivity contribution in [3.05, 3.63) is 88.4 Å². The van der Waals surface area contributed by atoms with Crippen molar-refractivity contribution in [2.75, 3.05) is 5.32 Å². The Balaban J connectivity index is 1.71. The first-order valence-electron chi connectivity index (χ1n) is 8.74. The number of nitrogens with one attached hydrogen (secondary N) is 1. The quantitative estimate of drug-likeness (QED) is 0.499. The molecule has 0 saturated carbocycles. The van der Waals surface area contributed by atoms with Crippen LogP contribution in [0.2, 0.25) is 0 Å². The Kier molecular flexibility index (Phi) is 5.03. The summed E-state index contributed by atoms with van der Waals surface area (Å²) in [6.07, 6.45) is 5.21. The SMILES string of the molecule is Cc1cc(C)cc(Nc2nnc(SCc3ccco3)n(-n3cccc3)c2=O)c1. The molecule has 0 aliphatic heterocycles. The molecule has 4 rings (SSSR count). The van der Waals surface area contributed by atoms with Crippen LogP contribution in [-0.2, 0) is 5.75 Å².